The summed E-state index contributed by atoms with van der Waals surface area (Å²) in [5.41, 5.74) is 10.1. The number of imidazole rings is 1. The van der Waals surface area contributed by atoms with E-state index in [-0.39, 0.29) is 5.69 Å². The molecular formula is C29H31F2N7. The van der Waals surface area contributed by atoms with Crippen molar-refractivity contribution in [2.24, 2.45) is 0 Å². The van der Waals surface area contributed by atoms with Crippen LogP contribution in [-0.2, 0) is 12.5 Å². The lowest BCUT2D eigenvalue weighted by Gasteiger charge is -2.16. The number of alkyl halides is 2. The van der Waals surface area contributed by atoms with E-state index in [1.54, 1.807) is 16.7 Å². The molecule has 6 rings (SSSR count). The second-order valence-corrected chi connectivity index (χ2v) is 9.43. The van der Waals surface area contributed by atoms with E-state index in [4.69, 9.17) is 5.73 Å². The molecule has 1 aromatic carbocycles. The normalized spacial score (nSPS) is 13.4. The lowest BCUT2D eigenvalue weighted by molar-refractivity contribution is 0.0337. The molecule has 0 unspecified atom stereocenters. The van der Waals surface area contributed by atoms with Crippen LogP contribution in [0.3, 0.4) is 0 Å². The number of nitrogens with one attached hydrogen (secondary N) is 1. The maximum absolute atomic E-state index is 15.5. The topological polar surface area (TPSA) is 94.0 Å². The van der Waals surface area contributed by atoms with Gasteiger partial charge < -0.3 is 15.5 Å². The summed E-state index contributed by atoms with van der Waals surface area (Å²) in [5.74, 6) is -2.05. The zero-order valence-corrected chi connectivity index (χ0v) is 22.0. The van der Waals surface area contributed by atoms with Gasteiger partial charge in [0.25, 0.3) is 0 Å². The summed E-state index contributed by atoms with van der Waals surface area (Å²) in [6, 6.07) is 8.97. The molecule has 38 heavy (non-hydrogen) atoms. The second-order valence-electron chi connectivity index (χ2n) is 9.43. The Morgan fingerprint density at radius 3 is 2.55 bits per heavy atom. The summed E-state index contributed by atoms with van der Waals surface area (Å²) in [7, 11) is 0. The number of benzene rings is 1. The van der Waals surface area contributed by atoms with Crippen LogP contribution in [-0.4, -0.2) is 24.3 Å². The van der Waals surface area contributed by atoms with Gasteiger partial charge in [0.1, 0.15) is 35.0 Å². The van der Waals surface area contributed by atoms with E-state index in [0.29, 0.717) is 29.7 Å². The Kier molecular flexibility index (Phi) is 6.69. The third kappa shape index (κ3) is 4.64. The Balaban J connectivity index is 0.00000144. The molecule has 0 radical (unpaired) electrons. The van der Waals surface area contributed by atoms with E-state index >= 15 is 8.78 Å². The number of hydrogen-bond acceptors (Lipinski definition) is 6. The summed E-state index contributed by atoms with van der Waals surface area (Å²) < 4.78 is 32.6. The van der Waals surface area contributed by atoms with Crippen LogP contribution >= 0.6 is 0 Å². The molecule has 196 valence electrons. The van der Waals surface area contributed by atoms with E-state index in [1.165, 1.54) is 12.3 Å². The van der Waals surface area contributed by atoms with Crippen LogP contribution < -0.4 is 11.1 Å². The minimum Gasteiger partial charge on any atom is -0.383 e. The zero-order chi connectivity index (χ0) is 27.0. The molecule has 0 saturated heterocycles. The smallest absolute Gasteiger partial charge is 0.333 e. The number of aromatic nitrogens is 5. The molecule has 1 aliphatic carbocycles. The van der Waals surface area contributed by atoms with E-state index in [2.05, 4.69) is 25.3 Å². The van der Waals surface area contributed by atoms with Crippen LogP contribution in [0.4, 0.5) is 20.4 Å². The van der Waals surface area contributed by atoms with Gasteiger partial charge in [0.15, 0.2) is 0 Å². The summed E-state index contributed by atoms with van der Waals surface area (Å²) in [5, 5.41) is 5.09. The lowest BCUT2D eigenvalue weighted by Crippen LogP contribution is -2.18. The molecule has 9 heteroatoms. The number of fused-ring (bicyclic) bond motifs is 2. The monoisotopic (exact) mass is 515 g/mol. The Bertz CT molecular complexity index is 1620. The number of nitrogen functional groups attached to an aromatic ring is 1. The fraction of sp³-hybridized carbons (Fsp3) is 0.310. The van der Waals surface area contributed by atoms with E-state index in [9.17, 15) is 0 Å². The highest BCUT2D eigenvalue weighted by molar-refractivity contribution is 5.94. The molecule has 4 heterocycles. The maximum Gasteiger partial charge on any atom is 0.333 e. The number of nitrogens with zero attached hydrogens (tertiary/aromatic N) is 5. The summed E-state index contributed by atoms with van der Waals surface area (Å²) in [6.07, 6.45) is 8.40. The quantitative estimate of drug-likeness (QED) is 0.267. The van der Waals surface area contributed by atoms with Gasteiger partial charge in [-0.3, -0.25) is 0 Å². The van der Waals surface area contributed by atoms with E-state index in [0.717, 1.165) is 52.2 Å². The molecule has 0 amide bonds. The van der Waals surface area contributed by atoms with Gasteiger partial charge in [0.05, 0.1) is 0 Å². The second kappa shape index (κ2) is 9.96. The fourth-order valence-electron chi connectivity index (χ4n) is 4.76. The first kappa shape index (κ1) is 25.5. The van der Waals surface area contributed by atoms with Gasteiger partial charge in [0.2, 0.25) is 0 Å². The number of hydrogen-bond donors (Lipinski definition) is 2. The number of halogens is 2. The standard InChI is InChI=1S/C27H25F2N7.C2H6/c1-15-9-20-19(7-8-31-26(20)30)16(2)21(15)11-32-24-10-22(33-14-34-24)27(28,29)23-13-36-12-18(17-3-4-17)5-6-25(36)35-23;1-2/h5-10,12-14,17H,3-4,11H2,1-2H3,(H2,30,31)(H,32,33,34);1-2H3. The Morgan fingerprint density at radius 1 is 1.00 bits per heavy atom. The third-order valence-corrected chi connectivity index (χ3v) is 6.99. The van der Waals surface area contributed by atoms with Crippen LogP contribution in [0, 0.1) is 13.8 Å². The summed E-state index contributed by atoms with van der Waals surface area (Å²) >= 11 is 0. The number of aryl methyl sites for hydroxylation is 2. The van der Waals surface area contributed by atoms with Gasteiger partial charge in [-0.2, -0.15) is 8.78 Å². The van der Waals surface area contributed by atoms with Crippen LogP contribution in [0.25, 0.3) is 16.4 Å². The minimum atomic E-state index is -3.37. The minimum absolute atomic E-state index is 0.313. The molecule has 3 N–H and O–H groups in total. The molecular weight excluding hydrogens is 484 g/mol. The van der Waals surface area contributed by atoms with Crippen molar-refractivity contribution in [3.63, 3.8) is 0 Å². The van der Waals surface area contributed by atoms with E-state index in [1.807, 2.05) is 52.1 Å². The first-order valence-corrected chi connectivity index (χ1v) is 12.9. The van der Waals surface area contributed by atoms with Gasteiger partial charge in [-0.25, -0.2) is 19.9 Å². The Hall–Kier alpha value is -4.14. The van der Waals surface area contributed by atoms with Crippen molar-refractivity contribution < 1.29 is 8.78 Å². The number of anilines is 2. The van der Waals surface area contributed by atoms with Gasteiger partial charge in [-0.1, -0.05) is 19.9 Å². The first-order valence-electron chi connectivity index (χ1n) is 12.9. The van der Waals surface area contributed by atoms with Crippen LogP contribution in [0.5, 0.6) is 0 Å². The van der Waals surface area contributed by atoms with Crippen molar-refractivity contribution in [3.05, 3.63) is 88.9 Å². The zero-order valence-electron chi connectivity index (χ0n) is 22.0. The molecule has 7 nitrogen and oxygen atoms in total. The molecule has 1 aliphatic rings. The van der Waals surface area contributed by atoms with Crippen LogP contribution in [0.2, 0.25) is 0 Å². The predicted octanol–water partition coefficient (Wildman–Crippen LogP) is 6.53. The van der Waals surface area contributed by atoms with Gasteiger partial charge >= 0.3 is 5.92 Å². The molecule has 4 aromatic heterocycles. The van der Waals surface area contributed by atoms with Gasteiger partial charge in [0, 0.05) is 36.6 Å². The highest BCUT2D eigenvalue weighted by Crippen LogP contribution is 2.40. The molecule has 1 fully saturated rings. The molecule has 1 saturated carbocycles. The Labute approximate surface area is 220 Å². The molecule has 0 atom stereocenters. The van der Waals surface area contributed by atoms with Crippen LogP contribution in [0.15, 0.2) is 55.2 Å². The number of nitrogens with two attached hydrogens (primary N) is 1. The third-order valence-electron chi connectivity index (χ3n) is 6.99. The molecule has 0 aliphatic heterocycles. The number of rotatable bonds is 6. The van der Waals surface area contributed by atoms with Gasteiger partial charge in [-0.05, 0) is 78.4 Å². The largest absolute Gasteiger partial charge is 0.383 e. The highest BCUT2D eigenvalue weighted by Gasteiger charge is 2.39. The van der Waals surface area contributed by atoms with Crippen molar-refractivity contribution in [3.8, 4) is 0 Å². The summed E-state index contributed by atoms with van der Waals surface area (Å²) in [6.45, 7) is 8.42. The van der Waals surface area contributed by atoms with Crippen molar-refractivity contribution in [2.75, 3.05) is 11.1 Å². The molecule has 0 spiro atoms. The number of pyridine rings is 2. The molecule has 5 aromatic rings. The predicted molar refractivity (Wildman–Crippen MR) is 146 cm³/mol. The van der Waals surface area contributed by atoms with Gasteiger partial charge in [-0.15, -0.1) is 0 Å². The Morgan fingerprint density at radius 2 is 1.79 bits per heavy atom. The SMILES string of the molecule is CC.Cc1cc2c(N)nccc2c(C)c1CNc1cc(C(F)(F)c2cn3cc(C4CC4)ccc3n2)ncn1. The van der Waals surface area contributed by atoms with Crippen molar-refractivity contribution >= 4 is 28.1 Å². The van der Waals surface area contributed by atoms with Crippen molar-refractivity contribution in [1.29, 1.82) is 0 Å². The van der Waals surface area contributed by atoms with E-state index < -0.39 is 11.6 Å². The fourth-order valence-corrected chi connectivity index (χ4v) is 4.76. The van der Waals surface area contributed by atoms with Crippen molar-refractivity contribution in [2.45, 2.75) is 58.9 Å². The average Bonchev–Trinajstić information content (AvgIpc) is 3.68. The first-order chi connectivity index (χ1) is 18.3. The molecule has 0 bridgehead atoms. The highest BCUT2D eigenvalue weighted by atomic mass is 19.3. The van der Waals surface area contributed by atoms with Crippen LogP contribution in [0.1, 0.15) is 66.2 Å². The lowest BCUT2D eigenvalue weighted by atomic mass is 9.96. The van der Waals surface area contributed by atoms with Crippen molar-refractivity contribution in [1.82, 2.24) is 24.3 Å². The summed E-state index contributed by atoms with van der Waals surface area (Å²) in [4.78, 5) is 16.4. The average molecular weight is 516 g/mol. The maximum atomic E-state index is 15.5.